The van der Waals surface area contributed by atoms with E-state index in [1.807, 2.05) is 27.7 Å². The summed E-state index contributed by atoms with van der Waals surface area (Å²) in [6, 6.07) is 8.29. The Bertz CT molecular complexity index is 849. The zero-order valence-corrected chi connectivity index (χ0v) is 16.2. The number of hydrogen-bond acceptors (Lipinski definition) is 5. The third-order valence-corrected chi connectivity index (χ3v) is 4.73. The zero-order chi connectivity index (χ0) is 19.5. The SMILES string of the molecule is COC(=O)c1cccc(NC(=O)c2sc(NC(=O)C(C)(C)C)cc2C)c1. The number of hydrogen-bond donors (Lipinski definition) is 2. The Morgan fingerprint density at radius 2 is 1.77 bits per heavy atom. The monoisotopic (exact) mass is 374 g/mol. The van der Waals surface area contributed by atoms with E-state index in [9.17, 15) is 14.4 Å². The highest BCUT2D eigenvalue weighted by atomic mass is 32.1. The third kappa shape index (κ3) is 4.70. The fourth-order valence-corrected chi connectivity index (χ4v) is 3.06. The van der Waals surface area contributed by atoms with Crippen molar-refractivity contribution >= 4 is 39.8 Å². The van der Waals surface area contributed by atoms with E-state index in [0.717, 1.165) is 5.56 Å². The second kappa shape index (κ2) is 7.70. The van der Waals surface area contributed by atoms with E-state index in [0.29, 0.717) is 21.1 Å². The van der Waals surface area contributed by atoms with Gasteiger partial charge in [-0.3, -0.25) is 9.59 Å². The minimum Gasteiger partial charge on any atom is -0.465 e. The number of carbonyl (C=O) groups is 3. The highest BCUT2D eigenvalue weighted by molar-refractivity contribution is 7.18. The topological polar surface area (TPSA) is 84.5 Å². The normalized spacial score (nSPS) is 11.0. The molecule has 1 aromatic heterocycles. The molecule has 0 spiro atoms. The van der Waals surface area contributed by atoms with Gasteiger partial charge in [-0.1, -0.05) is 26.8 Å². The number of esters is 1. The molecule has 0 unspecified atom stereocenters. The summed E-state index contributed by atoms with van der Waals surface area (Å²) in [5.41, 5.74) is 1.09. The molecule has 26 heavy (non-hydrogen) atoms. The van der Waals surface area contributed by atoms with Crippen molar-refractivity contribution in [3.63, 3.8) is 0 Å². The molecular weight excluding hydrogens is 352 g/mol. The minimum absolute atomic E-state index is 0.114. The number of methoxy groups -OCH3 is 1. The summed E-state index contributed by atoms with van der Waals surface area (Å²) in [5, 5.41) is 6.22. The van der Waals surface area contributed by atoms with Gasteiger partial charge in [-0.05, 0) is 36.8 Å². The Kier molecular flexibility index (Phi) is 5.82. The van der Waals surface area contributed by atoms with Crippen LogP contribution in [0.15, 0.2) is 30.3 Å². The van der Waals surface area contributed by atoms with Gasteiger partial charge in [0.05, 0.1) is 22.6 Å². The molecule has 0 radical (unpaired) electrons. The summed E-state index contributed by atoms with van der Waals surface area (Å²) in [4.78, 5) is 36.7. The molecule has 2 N–H and O–H groups in total. The van der Waals surface area contributed by atoms with Crippen molar-refractivity contribution < 1.29 is 19.1 Å². The first kappa shape index (κ1) is 19.7. The van der Waals surface area contributed by atoms with Crippen molar-refractivity contribution in [2.45, 2.75) is 27.7 Å². The van der Waals surface area contributed by atoms with Gasteiger partial charge in [-0.2, -0.15) is 0 Å². The number of ether oxygens (including phenoxy) is 1. The number of anilines is 2. The van der Waals surface area contributed by atoms with Gasteiger partial charge in [0.15, 0.2) is 0 Å². The predicted octanol–water partition coefficient (Wildman–Crippen LogP) is 4.08. The minimum atomic E-state index is -0.519. The molecule has 0 saturated carbocycles. The number of rotatable bonds is 4. The number of amides is 2. The molecule has 0 aliphatic heterocycles. The molecule has 0 aliphatic rings. The molecule has 2 rings (SSSR count). The van der Waals surface area contributed by atoms with E-state index < -0.39 is 11.4 Å². The average Bonchev–Trinajstić information content (AvgIpc) is 2.94. The Morgan fingerprint density at radius 1 is 1.08 bits per heavy atom. The van der Waals surface area contributed by atoms with Crippen LogP contribution in [0.5, 0.6) is 0 Å². The van der Waals surface area contributed by atoms with E-state index >= 15 is 0 Å². The number of aryl methyl sites for hydroxylation is 1. The van der Waals surface area contributed by atoms with Crippen molar-refractivity contribution in [3.8, 4) is 0 Å². The molecule has 2 aromatic rings. The maximum atomic E-state index is 12.6. The number of nitrogens with one attached hydrogen (secondary N) is 2. The summed E-state index contributed by atoms with van der Waals surface area (Å²) in [6.45, 7) is 7.28. The summed E-state index contributed by atoms with van der Waals surface area (Å²) in [5.74, 6) is -0.886. The third-order valence-electron chi connectivity index (χ3n) is 3.58. The summed E-state index contributed by atoms with van der Waals surface area (Å²) >= 11 is 1.21. The zero-order valence-electron chi connectivity index (χ0n) is 15.4. The van der Waals surface area contributed by atoms with Gasteiger partial charge in [-0.15, -0.1) is 11.3 Å². The Balaban J connectivity index is 2.16. The molecule has 0 saturated heterocycles. The molecule has 2 amide bonds. The number of thiophene rings is 1. The smallest absolute Gasteiger partial charge is 0.337 e. The first-order valence-corrected chi connectivity index (χ1v) is 8.85. The van der Waals surface area contributed by atoms with Crippen LogP contribution in [0.3, 0.4) is 0 Å². The van der Waals surface area contributed by atoms with Crippen LogP contribution in [0.25, 0.3) is 0 Å². The van der Waals surface area contributed by atoms with Crippen LogP contribution in [0, 0.1) is 12.3 Å². The fourth-order valence-electron chi connectivity index (χ4n) is 2.10. The van der Waals surface area contributed by atoms with Gasteiger partial charge in [0.1, 0.15) is 0 Å². The maximum absolute atomic E-state index is 12.6. The Hall–Kier alpha value is -2.67. The molecule has 138 valence electrons. The molecule has 1 heterocycles. The van der Waals surface area contributed by atoms with E-state index in [1.165, 1.54) is 18.4 Å². The lowest BCUT2D eigenvalue weighted by atomic mass is 9.96. The highest BCUT2D eigenvalue weighted by Gasteiger charge is 2.23. The van der Waals surface area contributed by atoms with Gasteiger partial charge in [0, 0.05) is 11.1 Å². The lowest BCUT2D eigenvalue weighted by Crippen LogP contribution is -2.27. The summed E-state index contributed by atoms with van der Waals surface area (Å²) < 4.78 is 4.68. The standard InChI is InChI=1S/C19H22N2O4S/c1-11-9-14(21-18(24)19(2,3)4)26-15(11)16(22)20-13-8-6-7-12(10-13)17(23)25-5/h6-10H,1-5H3,(H,20,22)(H,21,24). The van der Waals surface area contributed by atoms with Gasteiger partial charge >= 0.3 is 5.97 Å². The van der Waals surface area contributed by atoms with Crippen LogP contribution < -0.4 is 10.6 Å². The first-order valence-electron chi connectivity index (χ1n) is 8.03. The maximum Gasteiger partial charge on any atom is 0.337 e. The largest absolute Gasteiger partial charge is 0.465 e. The van der Waals surface area contributed by atoms with Crippen LogP contribution >= 0.6 is 11.3 Å². The van der Waals surface area contributed by atoms with Crippen LogP contribution in [0.1, 0.15) is 46.4 Å². The first-order chi connectivity index (χ1) is 12.1. The quantitative estimate of drug-likeness (QED) is 0.790. The Morgan fingerprint density at radius 3 is 2.38 bits per heavy atom. The molecule has 7 heteroatoms. The molecule has 0 fully saturated rings. The molecule has 0 aliphatic carbocycles. The van der Waals surface area contributed by atoms with Crippen molar-refractivity contribution in [2.75, 3.05) is 17.7 Å². The van der Waals surface area contributed by atoms with Gasteiger partial charge in [-0.25, -0.2) is 4.79 Å². The number of benzene rings is 1. The Labute approximate surface area is 156 Å². The summed E-state index contributed by atoms with van der Waals surface area (Å²) in [7, 11) is 1.30. The van der Waals surface area contributed by atoms with E-state index in [4.69, 9.17) is 0 Å². The van der Waals surface area contributed by atoms with E-state index in [1.54, 1.807) is 30.3 Å². The van der Waals surface area contributed by atoms with Crippen molar-refractivity contribution in [1.29, 1.82) is 0 Å². The predicted molar refractivity (Wildman–Crippen MR) is 103 cm³/mol. The molecule has 1 aromatic carbocycles. The summed E-state index contributed by atoms with van der Waals surface area (Å²) in [6.07, 6.45) is 0. The molecule has 0 bridgehead atoms. The second-order valence-electron chi connectivity index (χ2n) is 6.85. The molecular formula is C19H22N2O4S. The van der Waals surface area contributed by atoms with E-state index in [2.05, 4.69) is 15.4 Å². The van der Waals surface area contributed by atoms with Crippen LogP contribution in [-0.2, 0) is 9.53 Å². The van der Waals surface area contributed by atoms with E-state index in [-0.39, 0.29) is 11.8 Å². The number of carbonyl (C=O) groups excluding carboxylic acids is 3. The highest BCUT2D eigenvalue weighted by Crippen LogP contribution is 2.29. The van der Waals surface area contributed by atoms with Crippen LogP contribution in [-0.4, -0.2) is 24.9 Å². The average molecular weight is 374 g/mol. The lowest BCUT2D eigenvalue weighted by Gasteiger charge is -2.16. The van der Waals surface area contributed by atoms with Gasteiger partial charge < -0.3 is 15.4 Å². The van der Waals surface area contributed by atoms with Gasteiger partial charge in [0.25, 0.3) is 5.91 Å². The van der Waals surface area contributed by atoms with Crippen LogP contribution in [0.4, 0.5) is 10.7 Å². The second-order valence-corrected chi connectivity index (χ2v) is 7.91. The van der Waals surface area contributed by atoms with Gasteiger partial charge in [0.2, 0.25) is 5.91 Å². The molecule has 0 atom stereocenters. The van der Waals surface area contributed by atoms with Crippen molar-refractivity contribution in [3.05, 3.63) is 46.3 Å². The lowest BCUT2D eigenvalue weighted by molar-refractivity contribution is -0.123. The van der Waals surface area contributed by atoms with Crippen molar-refractivity contribution in [1.82, 2.24) is 0 Å². The molecule has 6 nitrogen and oxygen atoms in total. The fraction of sp³-hybridized carbons (Fsp3) is 0.316. The van der Waals surface area contributed by atoms with Crippen molar-refractivity contribution in [2.24, 2.45) is 5.41 Å². The van der Waals surface area contributed by atoms with Crippen LogP contribution in [0.2, 0.25) is 0 Å².